The van der Waals surface area contributed by atoms with Gasteiger partial charge in [0, 0.05) is 62.3 Å². The van der Waals surface area contributed by atoms with E-state index in [1.54, 1.807) is 15.6 Å². The summed E-state index contributed by atoms with van der Waals surface area (Å²) in [5.41, 5.74) is 7.31. The highest BCUT2D eigenvalue weighted by molar-refractivity contribution is 6.07. The van der Waals surface area contributed by atoms with Crippen LogP contribution in [0.3, 0.4) is 0 Å². The molecule has 252 valence electrons. The Bertz CT molecular complexity index is 2050. The minimum absolute atomic E-state index is 0.176. The molecule has 2 N–H and O–H groups in total. The number of piperazine rings is 1. The number of carbonyl (C=O) groups excluding carboxylic acids is 1. The molecule has 2 fully saturated rings. The van der Waals surface area contributed by atoms with Gasteiger partial charge in [-0.2, -0.15) is 5.10 Å². The number of pyridine rings is 2. The second-order valence-corrected chi connectivity index (χ2v) is 13.3. The van der Waals surface area contributed by atoms with E-state index in [1.807, 2.05) is 24.4 Å². The first kappa shape index (κ1) is 30.2. The van der Waals surface area contributed by atoms with Gasteiger partial charge < -0.3 is 29.5 Å². The molecule has 0 radical (unpaired) electrons. The number of aliphatic hydroxyl groups is 1. The smallest absolute Gasteiger partial charge is 0.274 e. The standard InChI is InChI=1S/C36H38FN9O3/c37-25-15-28(29(19-47)32(16-25)45-12-11-44-31-4-2-1-3-23(31)14-33(44)36(45)48)24-13-30(35-39-22-40-46(35)18-24)41-34-6-5-26(17-38-34)42-7-9-43(10-8-42)27-20-49-21-27/h5-6,13-18,22,27,47H,1-4,7-12,19-21H2,(H,38,41). The van der Waals surface area contributed by atoms with Crippen molar-refractivity contribution in [2.45, 2.75) is 44.9 Å². The third kappa shape index (κ3) is 5.32. The summed E-state index contributed by atoms with van der Waals surface area (Å²) in [5.74, 6) is -0.0455. The molecule has 0 saturated carbocycles. The molecule has 13 heteroatoms. The molecule has 1 aromatic carbocycles. The zero-order valence-electron chi connectivity index (χ0n) is 27.2. The summed E-state index contributed by atoms with van der Waals surface area (Å²) in [5, 5.41) is 18.5. The number of hydrogen-bond acceptors (Lipinski definition) is 9. The molecular formula is C36H38FN9O3. The second kappa shape index (κ2) is 12.2. The Morgan fingerprint density at radius 2 is 1.84 bits per heavy atom. The lowest BCUT2D eigenvalue weighted by Crippen LogP contribution is -2.56. The van der Waals surface area contributed by atoms with Gasteiger partial charge in [-0.15, -0.1) is 0 Å². The highest BCUT2D eigenvalue weighted by Gasteiger charge is 2.32. The number of nitrogens with zero attached hydrogens (tertiary/aromatic N) is 8. The predicted molar refractivity (Wildman–Crippen MR) is 183 cm³/mol. The van der Waals surface area contributed by atoms with Gasteiger partial charge in [0.2, 0.25) is 0 Å². The monoisotopic (exact) mass is 663 g/mol. The normalized spacial score (nSPS) is 18.4. The molecule has 7 heterocycles. The van der Waals surface area contributed by atoms with Gasteiger partial charge in [0.25, 0.3) is 5.91 Å². The Morgan fingerprint density at radius 1 is 0.980 bits per heavy atom. The zero-order chi connectivity index (χ0) is 33.1. The van der Waals surface area contributed by atoms with Crippen molar-refractivity contribution in [2.75, 3.05) is 61.1 Å². The molecule has 4 aliphatic rings. The maximum Gasteiger partial charge on any atom is 0.274 e. The fourth-order valence-corrected chi connectivity index (χ4v) is 7.88. The molecule has 0 unspecified atom stereocenters. The minimum Gasteiger partial charge on any atom is -0.392 e. The topological polar surface area (TPSA) is 116 Å². The first-order valence-electron chi connectivity index (χ1n) is 17.1. The number of aliphatic hydroxyl groups excluding tert-OH is 1. The molecule has 3 aliphatic heterocycles. The van der Waals surface area contributed by atoms with Gasteiger partial charge in [0.05, 0.1) is 49.1 Å². The summed E-state index contributed by atoms with van der Waals surface area (Å²) in [6.45, 7) is 6.19. The van der Waals surface area contributed by atoms with Crippen LogP contribution in [0.15, 0.2) is 55.1 Å². The maximum atomic E-state index is 15.5. The lowest BCUT2D eigenvalue weighted by atomic mass is 9.98. The third-order valence-corrected chi connectivity index (χ3v) is 10.6. The van der Waals surface area contributed by atoms with Crippen LogP contribution in [-0.2, 0) is 30.7 Å². The maximum absolute atomic E-state index is 15.5. The van der Waals surface area contributed by atoms with Gasteiger partial charge in [-0.1, -0.05) is 0 Å². The van der Waals surface area contributed by atoms with E-state index < -0.39 is 5.82 Å². The van der Waals surface area contributed by atoms with E-state index >= 15 is 4.39 Å². The van der Waals surface area contributed by atoms with Gasteiger partial charge in [0.15, 0.2) is 5.65 Å². The summed E-state index contributed by atoms with van der Waals surface area (Å²) < 4.78 is 24.6. The van der Waals surface area contributed by atoms with Crippen LogP contribution >= 0.6 is 0 Å². The number of halogens is 1. The Balaban J connectivity index is 1.01. The first-order chi connectivity index (χ1) is 24.0. The van der Waals surface area contributed by atoms with Crippen LogP contribution in [0.25, 0.3) is 16.8 Å². The SMILES string of the molecule is O=C1c2cc3c(n2CCN1c1cc(F)cc(-c2cc(Nc4ccc(N5CCN(C6COC6)CC5)cn4)c4ncnn4c2)c1CO)CCCC3. The van der Waals surface area contributed by atoms with Gasteiger partial charge in [-0.3, -0.25) is 9.69 Å². The van der Waals surface area contributed by atoms with Crippen molar-refractivity contribution in [1.82, 2.24) is 29.0 Å². The molecule has 4 aromatic heterocycles. The van der Waals surface area contributed by atoms with E-state index in [1.165, 1.54) is 29.7 Å². The molecule has 9 rings (SSSR count). The number of amides is 1. The molecule has 2 saturated heterocycles. The molecule has 1 amide bonds. The fourth-order valence-electron chi connectivity index (χ4n) is 7.88. The van der Waals surface area contributed by atoms with Crippen LogP contribution in [0.2, 0.25) is 0 Å². The Kier molecular flexibility index (Phi) is 7.55. The number of carbonyl (C=O) groups is 1. The summed E-state index contributed by atoms with van der Waals surface area (Å²) >= 11 is 0. The lowest BCUT2D eigenvalue weighted by Gasteiger charge is -2.43. The molecule has 0 bridgehead atoms. The summed E-state index contributed by atoms with van der Waals surface area (Å²) in [7, 11) is 0. The van der Waals surface area contributed by atoms with E-state index in [2.05, 4.69) is 35.8 Å². The van der Waals surface area contributed by atoms with Gasteiger partial charge in [0.1, 0.15) is 23.7 Å². The largest absolute Gasteiger partial charge is 0.392 e. The molecule has 12 nitrogen and oxygen atoms in total. The molecule has 0 atom stereocenters. The van der Waals surface area contributed by atoms with Crippen LogP contribution in [0.4, 0.5) is 27.3 Å². The molecule has 1 aliphatic carbocycles. The number of aromatic nitrogens is 5. The van der Waals surface area contributed by atoms with E-state index in [0.717, 1.165) is 70.8 Å². The van der Waals surface area contributed by atoms with E-state index in [0.29, 0.717) is 64.4 Å². The summed E-state index contributed by atoms with van der Waals surface area (Å²) in [6.07, 6.45) is 9.29. The van der Waals surface area contributed by atoms with Crippen LogP contribution in [0.1, 0.15) is 40.2 Å². The van der Waals surface area contributed by atoms with Gasteiger partial charge >= 0.3 is 0 Å². The number of hydrogen-bond donors (Lipinski definition) is 2. The molecular weight excluding hydrogens is 625 g/mol. The highest BCUT2D eigenvalue weighted by Crippen LogP contribution is 2.38. The molecule has 5 aromatic rings. The zero-order valence-corrected chi connectivity index (χ0v) is 27.2. The van der Waals surface area contributed by atoms with Gasteiger partial charge in [-0.25, -0.2) is 18.9 Å². The second-order valence-electron chi connectivity index (χ2n) is 13.3. The van der Waals surface area contributed by atoms with Crippen LogP contribution in [0.5, 0.6) is 0 Å². The number of aryl methyl sites for hydroxylation is 1. The van der Waals surface area contributed by atoms with Crippen molar-refractivity contribution in [1.29, 1.82) is 0 Å². The number of anilines is 4. The van der Waals surface area contributed by atoms with Crippen molar-refractivity contribution in [3.05, 3.63) is 83.5 Å². The number of rotatable bonds is 7. The van der Waals surface area contributed by atoms with Crippen molar-refractivity contribution < 1.29 is 19.0 Å². The summed E-state index contributed by atoms with van der Waals surface area (Å²) in [6, 6.07) is 11.2. The number of fused-ring (bicyclic) bond motifs is 4. The molecule has 0 spiro atoms. The van der Waals surface area contributed by atoms with E-state index in [9.17, 15) is 9.90 Å². The quantitative estimate of drug-likeness (QED) is 0.266. The van der Waals surface area contributed by atoms with Crippen LogP contribution in [0, 0.1) is 5.82 Å². The average molecular weight is 664 g/mol. The van der Waals surface area contributed by atoms with Gasteiger partial charge in [-0.05, 0) is 73.2 Å². The predicted octanol–water partition coefficient (Wildman–Crippen LogP) is 4.03. The molecule has 49 heavy (non-hydrogen) atoms. The Hall–Kier alpha value is -4.85. The van der Waals surface area contributed by atoms with Crippen molar-refractivity contribution in [3.8, 4) is 11.1 Å². The van der Waals surface area contributed by atoms with Crippen molar-refractivity contribution in [2.24, 2.45) is 0 Å². The fraction of sp³-hybridized carbons (Fsp3) is 0.389. The van der Waals surface area contributed by atoms with E-state index in [-0.39, 0.29) is 12.5 Å². The van der Waals surface area contributed by atoms with Crippen molar-refractivity contribution >= 4 is 34.4 Å². The Morgan fingerprint density at radius 3 is 2.61 bits per heavy atom. The number of benzene rings is 1. The minimum atomic E-state index is -0.498. The van der Waals surface area contributed by atoms with Crippen molar-refractivity contribution in [3.63, 3.8) is 0 Å². The Labute approximate surface area is 282 Å². The lowest BCUT2D eigenvalue weighted by molar-refractivity contribution is -0.0660. The van der Waals surface area contributed by atoms with Crippen LogP contribution < -0.4 is 15.1 Å². The average Bonchev–Trinajstić information content (AvgIpc) is 3.74. The van der Waals surface area contributed by atoms with Crippen LogP contribution in [-0.4, -0.2) is 92.0 Å². The van der Waals surface area contributed by atoms with E-state index in [4.69, 9.17) is 9.72 Å². The third-order valence-electron chi connectivity index (χ3n) is 10.6. The summed E-state index contributed by atoms with van der Waals surface area (Å²) in [4.78, 5) is 29.5. The number of ether oxygens (including phenoxy) is 1. The first-order valence-corrected chi connectivity index (χ1v) is 17.1. The highest BCUT2D eigenvalue weighted by atomic mass is 19.1. The number of nitrogens with one attached hydrogen (secondary N) is 1.